The van der Waals surface area contributed by atoms with E-state index in [0.717, 1.165) is 23.7 Å². The highest BCUT2D eigenvalue weighted by Gasteiger charge is 2.28. The third-order valence-corrected chi connectivity index (χ3v) is 4.14. The fraction of sp³-hybridized carbons (Fsp3) is 0.350. The number of aryl methyl sites for hydroxylation is 1. The summed E-state index contributed by atoms with van der Waals surface area (Å²) in [6.45, 7) is 2.28. The maximum Gasteiger partial charge on any atom is 0.422 e. The minimum atomic E-state index is -4.46. The van der Waals surface area contributed by atoms with E-state index in [1.54, 1.807) is 0 Å². The fourth-order valence-corrected chi connectivity index (χ4v) is 2.80. The van der Waals surface area contributed by atoms with Crippen molar-refractivity contribution in [1.29, 1.82) is 0 Å². The Kier molecular flexibility index (Phi) is 6.88. The van der Waals surface area contributed by atoms with Gasteiger partial charge in [-0.15, -0.1) is 0 Å². The van der Waals surface area contributed by atoms with Crippen LogP contribution in [-0.4, -0.2) is 46.4 Å². The van der Waals surface area contributed by atoms with E-state index in [2.05, 4.69) is 20.0 Å². The van der Waals surface area contributed by atoms with Gasteiger partial charge < -0.3 is 14.0 Å². The molecule has 160 valence electrons. The first-order valence-corrected chi connectivity index (χ1v) is 9.37. The molecule has 30 heavy (non-hydrogen) atoms. The second kappa shape index (κ2) is 9.57. The summed E-state index contributed by atoms with van der Waals surface area (Å²) in [6, 6.07) is 10.1. The van der Waals surface area contributed by atoms with Crippen LogP contribution in [0.3, 0.4) is 0 Å². The number of hydrogen-bond acceptors (Lipinski definition) is 5. The lowest BCUT2D eigenvalue weighted by Crippen LogP contribution is -2.20. The number of nitrogens with one attached hydrogen (secondary N) is 1. The standard InChI is InChI=1S/C20H21F3N4O3/c1-2-29-11-5-10-27-16-7-4-3-6-15(16)25-19(27)26-18(28)14-8-9-17(24-12-14)30-13-20(21,22)23/h3-4,6-9,12H,2,5,10-11,13H2,1H3,(H,25,26,28). The summed E-state index contributed by atoms with van der Waals surface area (Å²) in [6.07, 6.45) is -2.56. The van der Waals surface area contributed by atoms with Crippen LogP contribution in [0.5, 0.6) is 5.88 Å². The highest BCUT2D eigenvalue weighted by Crippen LogP contribution is 2.21. The van der Waals surface area contributed by atoms with Gasteiger partial charge in [0.25, 0.3) is 5.91 Å². The van der Waals surface area contributed by atoms with Crippen molar-refractivity contribution >= 4 is 22.9 Å². The molecule has 3 rings (SSSR count). The number of alkyl halides is 3. The summed E-state index contributed by atoms with van der Waals surface area (Å²) in [5.74, 6) is -0.326. The van der Waals surface area contributed by atoms with Gasteiger partial charge in [0, 0.05) is 32.0 Å². The van der Waals surface area contributed by atoms with E-state index >= 15 is 0 Å². The molecule has 7 nitrogen and oxygen atoms in total. The molecule has 0 bridgehead atoms. The highest BCUT2D eigenvalue weighted by atomic mass is 19.4. The van der Waals surface area contributed by atoms with Crippen LogP contribution in [0.2, 0.25) is 0 Å². The summed E-state index contributed by atoms with van der Waals surface area (Å²) in [5.41, 5.74) is 1.78. The van der Waals surface area contributed by atoms with Gasteiger partial charge in [-0.1, -0.05) is 12.1 Å². The number of carbonyl (C=O) groups is 1. The Morgan fingerprint density at radius 3 is 2.70 bits per heavy atom. The molecular formula is C20H21F3N4O3. The van der Waals surface area contributed by atoms with Crippen LogP contribution in [0.4, 0.5) is 19.1 Å². The quantitative estimate of drug-likeness (QED) is 0.527. The number of anilines is 1. The first-order valence-electron chi connectivity index (χ1n) is 9.37. The SMILES string of the molecule is CCOCCCn1c(NC(=O)c2ccc(OCC(F)(F)F)nc2)nc2ccccc21. The first kappa shape index (κ1) is 21.6. The van der Waals surface area contributed by atoms with E-state index in [9.17, 15) is 18.0 Å². The molecule has 10 heteroatoms. The lowest BCUT2D eigenvalue weighted by molar-refractivity contribution is -0.154. The number of aromatic nitrogens is 3. The van der Waals surface area contributed by atoms with Crippen molar-refractivity contribution in [3.05, 3.63) is 48.2 Å². The molecule has 0 aliphatic rings. The monoisotopic (exact) mass is 422 g/mol. The number of hydrogen-bond donors (Lipinski definition) is 1. The second-order valence-corrected chi connectivity index (χ2v) is 6.37. The molecule has 0 saturated heterocycles. The van der Waals surface area contributed by atoms with Crippen LogP contribution in [0.25, 0.3) is 11.0 Å². The largest absolute Gasteiger partial charge is 0.468 e. The zero-order valence-corrected chi connectivity index (χ0v) is 16.3. The van der Waals surface area contributed by atoms with E-state index in [0.29, 0.717) is 25.7 Å². The van der Waals surface area contributed by atoms with Crippen LogP contribution in [-0.2, 0) is 11.3 Å². The first-order chi connectivity index (χ1) is 14.4. The van der Waals surface area contributed by atoms with Gasteiger partial charge in [-0.25, -0.2) is 9.97 Å². The number of amides is 1. The summed E-state index contributed by atoms with van der Waals surface area (Å²) < 4.78 is 48.5. The Balaban J connectivity index is 1.72. The molecule has 0 saturated carbocycles. The van der Waals surface area contributed by atoms with Gasteiger partial charge in [0.05, 0.1) is 16.6 Å². The van der Waals surface area contributed by atoms with Crippen LogP contribution in [0.15, 0.2) is 42.6 Å². The minimum Gasteiger partial charge on any atom is -0.468 e. The van der Waals surface area contributed by atoms with Gasteiger partial charge in [-0.2, -0.15) is 13.2 Å². The summed E-state index contributed by atoms with van der Waals surface area (Å²) in [5, 5.41) is 2.74. The summed E-state index contributed by atoms with van der Waals surface area (Å²) in [4.78, 5) is 20.8. The minimum absolute atomic E-state index is 0.169. The Hall–Kier alpha value is -3.14. The van der Waals surface area contributed by atoms with Crippen molar-refractivity contribution in [3.63, 3.8) is 0 Å². The van der Waals surface area contributed by atoms with Crippen molar-refractivity contribution in [2.75, 3.05) is 25.1 Å². The van der Waals surface area contributed by atoms with E-state index in [1.165, 1.54) is 12.1 Å². The summed E-state index contributed by atoms with van der Waals surface area (Å²) >= 11 is 0. The van der Waals surface area contributed by atoms with Crippen molar-refractivity contribution < 1.29 is 27.4 Å². The number of rotatable bonds is 9. The molecule has 0 radical (unpaired) electrons. The average molecular weight is 422 g/mol. The van der Waals surface area contributed by atoms with Crippen molar-refractivity contribution in [2.45, 2.75) is 26.1 Å². The Morgan fingerprint density at radius 2 is 2.00 bits per heavy atom. The number of nitrogens with zero attached hydrogens (tertiary/aromatic N) is 3. The molecule has 0 atom stereocenters. The molecule has 0 fully saturated rings. The zero-order chi connectivity index (χ0) is 21.6. The molecular weight excluding hydrogens is 401 g/mol. The van der Waals surface area contributed by atoms with Gasteiger partial charge in [0.1, 0.15) is 0 Å². The molecule has 3 aromatic rings. The molecule has 1 amide bonds. The third-order valence-electron chi connectivity index (χ3n) is 4.14. The number of fused-ring (bicyclic) bond motifs is 1. The smallest absolute Gasteiger partial charge is 0.422 e. The fourth-order valence-electron chi connectivity index (χ4n) is 2.80. The van der Waals surface area contributed by atoms with Crippen LogP contribution >= 0.6 is 0 Å². The highest BCUT2D eigenvalue weighted by molar-refractivity contribution is 6.03. The van der Waals surface area contributed by atoms with Crippen molar-refractivity contribution in [3.8, 4) is 5.88 Å². The van der Waals surface area contributed by atoms with Crippen molar-refractivity contribution in [2.24, 2.45) is 0 Å². The normalized spacial score (nSPS) is 11.6. The third kappa shape index (κ3) is 5.69. The van der Waals surface area contributed by atoms with Gasteiger partial charge in [0.2, 0.25) is 11.8 Å². The van der Waals surface area contributed by atoms with Gasteiger partial charge in [-0.3, -0.25) is 10.1 Å². The maximum absolute atomic E-state index is 12.6. The van der Waals surface area contributed by atoms with Gasteiger partial charge >= 0.3 is 6.18 Å². The average Bonchev–Trinajstić information content (AvgIpc) is 3.06. The molecule has 0 aliphatic heterocycles. The summed E-state index contributed by atoms with van der Waals surface area (Å²) in [7, 11) is 0. The van der Waals surface area contributed by atoms with Crippen LogP contribution in [0.1, 0.15) is 23.7 Å². The van der Waals surface area contributed by atoms with E-state index in [-0.39, 0.29) is 11.4 Å². The number of ether oxygens (including phenoxy) is 2. The lowest BCUT2D eigenvalue weighted by atomic mass is 10.2. The topological polar surface area (TPSA) is 78.3 Å². The Morgan fingerprint density at radius 1 is 1.20 bits per heavy atom. The predicted molar refractivity (Wildman–Crippen MR) is 105 cm³/mol. The molecule has 2 aromatic heterocycles. The maximum atomic E-state index is 12.6. The number of pyridine rings is 1. The number of benzene rings is 1. The molecule has 0 unspecified atom stereocenters. The molecule has 0 spiro atoms. The van der Waals surface area contributed by atoms with Crippen molar-refractivity contribution in [1.82, 2.24) is 14.5 Å². The van der Waals surface area contributed by atoms with Crippen LogP contribution < -0.4 is 10.1 Å². The lowest BCUT2D eigenvalue weighted by Gasteiger charge is -2.11. The number of carbonyl (C=O) groups excluding carboxylic acids is 1. The molecule has 0 aliphatic carbocycles. The van der Waals surface area contributed by atoms with E-state index in [4.69, 9.17) is 4.74 Å². The second-order valence-electron chi connectivity index (χ2n) is 6.37. The van der Waals surface area contributed by atoms with Crippen LogP contribution in [0, 0.1) is 0 Å². The molecule has 2 heterocycles. The Bertz CT molecular complexity index is 987. The Labute approximate surface area is 170 Å². The van der Waals surface area contributed by atoms with E-state index < -0.39 is 18.7 Å². The van der Waals surface area contributed by atoms with Gasteiger partial charge in [-0.05, 0) is 31.5 Å². The zero-order valence-electron chi connectivity index (χ0n) is 16.3. The number of imidazole rings is 1. The number of para-hydroxylation sites is 2. The van der Waals surface area contributed by atoms with E-state index in [1.807, 2.05) is 35.8 Å². The predicted octanol–water partition coefficient (Wildman–Crippen LogP) is 4.05. The van der Waals surface area contributed by atoms with Gasteiger partial charge in [0.15, 0.2) is 6.61 Å². The molecule has 1 aromatic carbocycles. The number of halogens is 3. The molecule has 1 N–H and O–H groups in total.